The Balaban J connectivity index is 2.12. The minimum Gasteiger partial charge on any atom is -0.374 e. The molecule has 0 amide bonds. The van der Waals surface area contributed by atoms with E-state index in [1.54, 1.807) is 0 Å². The first-order chi connectivity index (χ1) is 7.53. The quantitative estimate of drug-likeness (QED) is 0.709. The van der Waals surface area contributed by atoms with Gasteiger partial charge in [0.1, 0.15) is 0 Å². The van der Waals surface area contributed by atoms with Crippen LogP contribution in [-0.2, 0) is 9.47 Å². The van der Waals surface area contributed by atoms with Gasteiger partial charge in [0.15, 0.2) is 0 Å². The molecule has 0 bridgehead atoms. The van der Waals surface area contributed by atoms with Crippen LogP contribution in [0, 0.1) is 0 Å². The lowest BCUT2D eigenvalue weighted by Gasteiger charge is -2.23. The summed E-state index contributed by atoms with van der Waals surface area (Å²) in [5.74, 6) is 0. The average molecular weight is 229 g/mol. The molecular weight excluding hydrogens is 202 g/mol. The molecule has 0 aromatic carbocycles. The summed E-state index contributed by atoms with van der Waals surface area (Å²) in [5.41, 5.74) is -0.0555. The van der Waals surface area contributed by atoms with Crippen LogP contribution >= 0.6 is 0 Å². The number of likely N-dealkylation sites (N-methyl/N-ethyl adjacent to an activating group) is 1. The van der Waals surface area contributed by atoms with Crippen molar-refractivity contribution < 1.29 is 9.47 Å². The van der Waals surface area contributed by atoms with Gasteiger partial charge in [0.05, 0.1) is 24.9 Å². The SMILES string of the molecule is CCNC1CCCC1OCCOC(C)(C)C. The average Bonchev–Trinajstić information content (AvgIpc) is 2.60. The number of rotatable bonds is 6. The van der Waals surface area contributed by atoms with Gasteiger partial charge in [-0.05, 0) is 46.6 Å². The second-order valence-corrected chi connectivity index (χ2v) is 5.47. The molecule has 0 spiro atoms. The van der Waals surface area contributed by atoms with Crippen LogP contribution in [0.1, 0.15) is 47.0 Å². The molecule has 1 aliphatic carbocycles. The van der Waals surface area contributed by atoms with Gasteiger partial charge in [-0.3, -0.25) is 0 Å². The molecule has 3 heteroatoms. The summed E-state index contributed by atoms with van der Waals surface area (Å²) in [6.07, 6.45) is 4.11. The molecular formula is C13H27NO2. The molecule has 0 aromatic rings. The first kappa shape index (κ1) is 13.9. The summed E-state index contributed by atoms with van der Waals surface area (Å²) < 4.78 is 11.5. The second-order valence-electron chi connectivity index (χ2n) is 5.47. The van der Waals surface area contributed by atoms with E-state index in [1.807, 2.05) is 0 Å². The van der Waals surface area contributed by atoms with Crippen molar-refractivity contribution in [3.8, 4) is 0 Å². The minimum absolute atomic E-state index is 0.0555. The van der Waals surface area contributed by atoms with Crippen LogP contribution in [0.25, 0.3) is 0 Å². The van der Waals surface area contributed by atoms with Crippen LogP contribution in [0.5, 0.6) is 0 Å². The predicted octanol–water partition coefficient (Wildman–Crippen LogP) is 2.35. The standard InChI is InChI=1S/C13H27NO2/c1-5-14-11-7-6-8-12(11)15-9-10-16-13(2,3)4/h11-12,14H,5-10H2,1-4H3. The van der Waals surface area contributed by atoms with Crippen molar-refractivity contribution in [3.63, 3.8) is 0 Å². The molecule has 0 aliphatic heterocycles. The molecule has 3 nitrogen and oxygen atoms in total. The van der Waals surface area contributed by atoms with E-state index >= 15 is 0 Å². The molecule has 1 rings (SSSR count). The van der Waals surface area contributed by atoms with Gasteiger partial charge in [0, 0.05) is 6.04 Å². The predicted molar refractivity (Wildman–Crippen MR) is 66.8 cm³/mol. The van der Waals surface area contributed by atoms with Gasteiger partial charge in [0.25, 0.3) is 0 Å². The summed E-state index contributed by atoms with van der Waals surface area (Å²) in [6, 6.07) is 0.555. The van der Waals surface area contributed by atoms with Gasteiger partial charge < -0.3 is 14.8 Å². The fourth-order valence-corrected chi connectivity index (χ4v) is 2.17. The second kappa shape index (κ2) is 6.58. The van der Waals surface area contributed by atoms with Crippen LogP contribution < -0.4 is 5.32 Å². The summed E-state index contributed by atoms with van der Waals surface area (Å²) >= 11 is 0. The van der Waals surface area contributed by atoms with Crippen molar-refractivity contribution >= 4 is 0 Å². The molecule has 1 N–H and O–H groups in total. The molecule has 0 saturated heterocycles. The first-order valence-corrected chi connectivity index (χ1v) is 6.52. The topological polar surface area (TPSA) is 30.5 Å². The van der Waals surface area contributed by atoms with Gasteiger partial charge in [-0.1, -0.05) is 6.92 Å². The smallest absolute Gasteiger partial charge is 0.0729 e. The maximum absolute atomic E-state index is 5.88. The van der Waals surface area contributed by atoms with Gasteiger partial charge >= 0.3 is 0 Å². The zero-order valence-electron chi connectivity index (χ0n) is 11.2. The van der Waals surface area contributed by atoms with E-state index in [9.17, 15) is 0 Å². The summed E-state index contributed by atoms with van der Waals surface area (Å²) in [5, 5.41) is 3.49. The van der Waals surface area contributed by atoms with Crippen LogP contribution in [0.15, 0.2) is 0 Å². The third-order valence-electron chi connectivity index (χ3n) is 2.87. The number of nitrogens with one attached hydrogen (secondary N) is 1. The van der Waals surface area contributed by atoms with Gasteiger partial charge in [-0.2, -0.15) is 0 Å². The molecule has 0 heterocycles. The molecule has 16 heavy (non-hydrogen) atoms. The van der Waals surface area contributed by atoms with E-state index in [1.165, 1.54) is 19.3 Å². The van der Waals surface area contributed by atoms with E-state index in [-0.39, 0.29) is 5.60 Å². The Bertz CT molecular complexity index is 189. The summed E-state index contributed by atoms with van der Waals surface area (Å²) in [6.45, 7) is 10.8. The Kier molecular flexibility index (Phi) is 5.73. The molecule has 2 unspecified atom stereocenters. The Morgan fingerprint density at radius 2 is 1.94 bits per heavy atom. The van der Waals surface area contributed by atoms with Crippen molar-refractivity contribution in [2.45, 2.75) is 64.7 Å². The number of ether oxygens (including phenoxy) is 2. The van der Waals surface area contributed by atoms with Crippen molar-refractivity contribution in [3.05, 3.63) is 0 Å². The number of hydrogen-bond donors (Lipinski definition) is 1. The third-order valence-corrected chi connectivity index (χ3v) is 2.87. The van der Waals surface area contributed by atoms with Gasteiger partial charge in [-0.15, -0.1) is 0 Å². The molecule has 0 radical (unpaired) electrons. The van der Waals surface area contributed by atoms with Gasteiger partial charge in [-0.25, -0.2) is 0 Å². The van der Waals surface area contributed by atoms with Gasteiger partial charge in [0.2, 0.25) is 0 Å². The van der Waals surface area contributed by atoms with Crippen LogP contribution in [0.4, 0.5) is 0 Å². The first-order valence-electron chi connectivity index (χ1n) is 6.52. The van der Waals surface area contributed by atoms with Crippen molar-refractivity contribution in [2.24, 2.45) is 0 Å². The minimum atomic E-state index is -0.0555. The molecule has 96 valence electrons. The lowest BCUT2D eigenvalue weighted by Crippen LogP contribution is -2.37. The summed E-state index contributed by atoms with van der Waals surface area (Å²) in [7, 11) is 0. The van der Waals surface area contributed by atoms with Crippen molar-refractivity contribution in [2.75, 3.05) is 19.8 Å². The van der Waals surface area contributed by atoms with Crippen LogP contribution in [0.3, 0.4) is 0 Å². The molecule has 2 atom stereocenters. The maximum atomic E-state index is 5.88. The van der Waals surface area contributed by atoms with E-state index < -0.39 is 0 Å². The lowest BCUT2D eigenvalue weighted by molar-refractivity contribution is -0.0543. The highest BCUT2D eigenvalue weighted by Crippen LogP contribution is 2.22. The third kappa shape index (κ3) is 5.28. The normalized spacial score (nSPS) is 26.2. The zero-order chi connectivity index (χ0) is 12.0. The molecule has 0 aromatic heterocycles. The Morgan fingerprint density at radius 3 is 2.56 bits per heavy atom. The van der Waals surface area contributed by atoms with Crippen LogP contribution in [-0.4, -0.2) is 37.5 Å². The molecule has 1 saturated carbocycles. The Labute approximate surface area is 99.9 Å². The monoisotopic (exact) mass is 229 g/mol. The Morgan fingerprint density at radius 1 is 1.19 bits per heavy atom. The zero-order valence-corrected chi connectivity index (χ0v) is 11.2. The highest BCUT2D eigenvalue weighted by molar-refractivity contribution is 4.83. The molecule has 1 aliphatic rings. The van der Waals surface area contributed by atoms with E-state index in [4.69, 9.17) is 9.47 Å². The largest absolute Gasteiger partial charge is 0.374 e. The lowest BCUT2D eigenvalue weighted by atomic mass is 10.2. The van der Waals surface area contributed by atoms with E-state index in [2.05, 4.69) is 33.0 Å². The van der Waals surface area contributed by atoms with Crippen molar-refractivity contribution in [1.29, 1.82) is 0 Å². The van der Waals surface area contributed by atoms with E-state index in [0.29, 0.717) is 25.4 Å². The Hall–Kier alpha value is -0.120. The highest BCUT2D eigenvalue weighted by Gasteiger charge is 2.26. The van der Waals surface area contributed by atoms with Crippen molar-refractivity contribution in [1.82, 2.24) is 5.32 Å². The fraction of sp³-hybridized carbons (Fsp3) is 1.00. The summed E-state index contributed by atoms with van der Waals surface area (Å²) in [4.78, 5) is 0. The number of hydrogen-bond acceptors (Lipinski definition) is 3. The maximum Gasteiger partial charge on any atom is 0.0729 e. The molecule has 1 fully saturated rings. The van der Waals surface area contributed by atoms with Crippen LogP contribution in [0.2, 0.25) is 0 Å². The highest BCUT2D eigenvalue weighted by atomic mass is 16.5. The fourth-order valence-electron chi connectivity index (χ4n) is 2.17. The van der Waals surface area contributed by atoms with E-state index in [0.717, 1.165) is 6.54 Å².